The Balaban J connectivity index is 0.000000924. The summed E-state index contributed by atoms with van der Waals surface area (Å²) in [4.78, 5) is 0. The molecule has 0 bridgehead atoms. The minimum Gasteiger partial charge on any atom is -0.486 e. The van der Waals surface area contributed by atoms with Gasteiger partial charge in [0.15, 0.2) is 11.5 Å². The zero-order valence-electron chi connectivity index (χ0n) is 12.3. The van der Waals surface area contributed by atoms with Gasteiger partial charge in [0.2, 0.25) is 0 Å². The molecule has 0 saturated carbocycles. The predicted octanol–water partition coefficient (Wildman–Crippen LogP) is 3.86. The standard InChI is InChI=1S/C15H10F4O2.CH5N/c16-9-4-5-12(15(17,18)19)11(8-9)10-2-1-3-13-14(10)21-7-6-20-13;1-2/h1-5,8H,6-7H2;2H2,1H3. The van der Waals surface area contributed by atoms with Crippen molar-refractivity contribution in [2.75, 3.05) is 20.3 Å². The zero-order chi connectivity index (χ0) is 17.0. The third-order valence-electron chi connectivity index (χ3n) is 3.14. The van der Waals surface area contributed by atoms with Crippen LogP contribution in [0, 0.1) is 5.82 Å². The van der Waals surface area contributed by atoms with Crippen LogP contribution in [0.15, 0.2) is 36.4 Å². The van der Waals surface area contributed by atoms with Crippen molar-refractivity contribution >= 4 is 0 Å². The van der Waals surface area contributed by atoms with E-state index in [0.717, 1.165) is 18.2 Å². The van der Waals surface area contributed by atoms with E-state index in [1.807, 2.05) is 0 Å². The molecule has 0 unspecified atom stereocenters. The molecule has 1 heterocycles. The minimum absolute atomic E-state index is 0.166. The maximum Gasteiger partial charge on any atom is 0.417 e. The van der Waals surface area contributed by atoms with Crippen LogP contribution in [0.3, 0.4) is 0 Å². The molecule has 1 aliphatic rings. The summed E-state index contributed by atoms with van der Waals surface area (Å²) in [6.07, 6.45) is -4.58. The molecular weight excluding hydrogens is 314 g/mol. The number of benzene rings is 2. The van der Waals surface area contributed by atoms with Crippen molar-refractivity contribution < 1.29 is 27.0 Å². The Labute approximate surface area is 130 Å². The highest BCUT2D eigenvalue weighted by Crippen LogP contribution is 2.44. The van der Waals surface area contributed by atoms with Gasteiger partial charge in [-0.1, -0.05) is 12.1 Å². The van der Waals surface area contributed by atoms with E-state index < -0.39 is 17.6 Å². The first-order chi connectivity index (χ1) is 11.0. The lowest BCUT2D eigenvalue weighted by molar-refractivity contribution is -0.137. The molecule has 0 amide bonds. The third kappa shape index (κ3) is 3.56. The SMILES string of the molecule is CN.Fc1ccc(C(F)(F)F)c(-c2cccc3c2OCCO3)c1. The second-order valence-electron chi connectivity index (χ2n) is 4.52. The Morgan fingerprint density at radius 2 is 1.65 bits per heavy atom. The molecule has 1 aliphatic heterocycles. The quantitative estimate of drug-likeness (QED) is 0.808. The van der Waals surface area contributed by atoms with Gasteiger partial charge in [-0.2, -0.15) is 13.2 Å². The molecule has 3 rings (SSSR count). The van der Waals surface area contributed by atoms with Crippen LogP contribution in [0.4, 0.5) is 17.6 Å². The smallest absolute Gasteiger partial charge is 0.417 e. The van der Waals surface area contributed by atoms with Gasteiger partial charge in [0.05, 0.1) is 5.56 Å². The van der Waals surface area contributed by atoms with Crippen LogP contribution in [0.2, 0.25) is 0 Å². The number of hydrogen-bond donors (Lipinski definition) is 1. The van der Waals surface area contributed by atoms with Crippen LogP contribution < -0.4 is 15.2 Å². The Kier molecular flexibility index (Phi) is 5.10. The summed E-state index contributed by atoms with van der Waals surface area (Å²) < 4.78 is 63.5. The first kappa shape index (κ1) is 17.1. The second kappa shape index (κ2) is 6.87. The van der Waals surface area contributed by atoms with E-state index >= 15 is 0 Å². The summed E-state index contributed by atoms with van der Waals surface area (Å²) in [5, 5.41) is 0. The van der Waals surface area contributed by atoms with Crippen molar-refractivity contribution in [2.45, 2.75) is 6.18 Å². The number of hydrogen-bond acceptors (Lipinski definition) is 3. The number of alkyl halides is 3. The van der Waals surface area contributed by atoms with Gasteiger partial charge in [0.1, 0.15) is 19.0 Å². The first-order valence-electron chi connectivity index (χ1n) is 6.80. The maximum atomic E-state index is 13.4. The molecule has 0 atom stereocenters. The van der Waals surface area contributed by atoms with Gasteiger partial charge >= 0.3 is 6.18 Å². The van der Waals surface area contributed by atoms with Gasteiger partial charge in [0, 0.05) is 11.1 Å². The lowest BCUT2D eigenvalue weighted by Gasteiger charge is -2.22. The lowest BCUT2D eigenvalue weighted by Crippen LogP contribution is -2.16. The molecule has 0 saturated heterocycles. The van der Waals surface area contributed by atoms with E-state index in [-0.39, 0.29) is 23.5 Å². The molecule has 124 valence electrons. The van der Waals surface area contributed by atoms with Crippen molar-refractivity contribution in [2.24, 2.45) is 5.73 Å². The molecule has 0 aliphatic carbocycles. The second-order valence-corrected chi connectivity index (χ2v) is 4.52. The zero-order valence-corrected chi connectivity index (χ0v) is 12.3. The summed E-state index contributed by atoms with van der Waals surface area (Å²) in [6, 6.07) is 6.99. The van der Waals surface area contributed by atoms with Crippen LogP contribution >= 0.6 is 0 Å². The van der Waals surface area contributed by atoms with E-state index in [1.54, 1.807) is 12.1 Å². The Morgan fingerprint density at radius 3 is 2.35 bits per heavy atom. The fraction of sp³-hybridized carbons (Fsp3) is 0.250. The van der Waals surface area contributed by atoms with Gasteiger partial charge in [-0.25, -0.2) is 4.39 Å². The molecule has 0 radical (unpaired) electrons. The average molecular weight is 329 g/mol. The van der Waals surface area contributed by atoms with Crippen LogP contribution in [-0.2, 0) is 6.18 Å². The molecule has 2 aromatic rings. The van der Waals surface area contributed by atoms with Crippen LogP contribution in [-0.4, -0.2) is 20.3 Å². The number of ether oxygens (including phenoxy) is 2. The van der Waals surface area contributed by atoms with Gasteiger partial charge in [0.25, 0.3) is 0 Å². The largest absolute Gasteiger partial charge is 0.486 e. The maximum absolute atomic E-state index is 13.4. The predicted molar refractivity (Wildman–Crippen MR) is 77.9 cm³/mol. The molecule has 2 N–H and O–H groups in total. The van der Waals surface area contributed by atoms with E-state index in [4.69, 9.17) is 9.47 Å². The van der Waals surface area contributed by atoms with Crippen molar-refractivity contribution in [1.82, 2.24) is 0 Å². The summed E-state index contributed by atoms with van der Waals surface area (Å²) >= 11 is 0. The highest BCUT2D eigenvalue weighted by Gasteiger charge is 2.35. The fourth-order valence-electron chi connectivity index (χ4n) is 2.27. The number of halogens is 4. The monoisotopic (exact) mass is 329 g/mol. The Hall–Kier alpha value is -2.28. The molecule has 7 heteroatoms. The van der Waals surface area contributed by atoms with Gasteiger partial charge < -0.3 is 15.2 Å². The average Bonchev–Trinajstić information content (AvgIpc) is 2.55. The molecule has 0 aromatic heterocycles. The van der Waals surface area contributed by atoms with Gasteiger partial charge in [-0.3, -0.25) is 0 Å². The fourth-order valence-corrected chi connectivity index (χ4v) is 2.27. The Morgan fingerprint density at radius 1 is 0.957 bits per heavy atom. The van der Waals surface area contributed by atoms with Crippen molar-refractivity contribution in [3.8, 4) is 22.6 Å². The number of para-hydroxylation sites is 1. The van der Waals surface area contributed by atoms with E-state index in [0.29, 0.717) is 12.4 Å². The van der Waals surface area contributed by atoms with E-state index in [9.17, 15) is 17.6 Å². The van der Waals surface area contributed by atoms with E-state index in [1.165, 1.54) is 13.1 Å². The van der Waals surface area contributed by atoms with Crippen LogP contribution in [0.25, 0.3) is 11.1 Å². The molecule has 3 nitrogen and oxygen atoms in total. The van der Waals surface area contributed by atoms with Crippen molar-refractivity contribution in [3.05, 3.63) is 47.8 Å². The van der Waals surface area contributed by atoms with Gasteiger partial charge in [-0.15, -0.1) is 0 Å². The Bertz CT molecular complexity index is 686. The molecule has 0 fully saturated rings. The lowest BCUT2D eigenvalue weighted by atomic mass is 9.97. The van der Waals surface area contributed by atoms with Crippen molar-refractivity contribution in [1.29, 1.82) is 0 Å². The molecular formula is C16H15F4NO2. The highest BCUT2D eigenvalue weighted by molar-refractivity contribution is 5.77. The highest BCUT2D eigenvalue weighted by atomic mass is 19.4. The number of nitrogens with two attached hydrogens (primary N) is 1. The first-order valence-corrected chi connectivity index (χ1v) is 6.80. The minimum atomic E-state index is -4.58. The third-order valence-corrected chi connectivity index (χ3v) is 3.14. The summed E-state index contributed by atoms with van der Waals surface area (Å²) in [5.74, 6) is -0.177. The van der Waals surface area contributed by atoms with Crippen LogP contribution in [0.5, 0.6) is 11.5 Å². The van der Waals surface area contributed by atoms with Crippen LogP contribution in [0.1, 0.15) is 5.56 Å². The summed E-state index contributed by atoms with van der Waals surface area (Å²) in [6.45, 7) is 0.562. The number of rotatable bonds is 1. The topological polar surface area (TPSA) is 44.5 Å². The molecule has 2 aromatic carbocycles. The van der Waals surface area contributed by atoms with Crippen molar-refractivity contribution in [3.63, 3.8) is 0 Å². The molecule has 23 heavy (non-hydrogen) atoms. The van der Waals surface area contributed by atoms with Gasteiger partial charge in [-0.05, 0) is 31.3 Å². The number of fused-ring (bicyclic) bond motifs is 1. The summed E-state index contributed by atoms with van der Waals surface area (Å²) in [5.41, 5.74) is 3.50. The normalized spacial score (nSPS) is 13.1. The summed E-state index contributed by atoms with van der Waals surface area (Å²) in [7, 11) is 1.50. The van der Waals surface area contributed by atoms with E-state index in [2.05, 4.69) is 5.73 Å². The molecule has 0 spiro atoms.